The van der Waals surface area contributed by atoms with Crippen LogP contribution in [0.2, 0.25) is 0 Å². The molecule has 0 saturated carbocycles. The molecule has 0 amide bonds. The Morgan fingerprint density at radius 3 is 2.78 bits per heavy atom. The van der Waals surface area contributed by atoms with Crippen LogP contribution in [0.3, 0.4) is 0 Å². The average molecular weight is 151 g/mol. The fraction of sp³-hybridized carbons (Fsp3) is 0.333. The molecular formula is C3H6NO4P. The zero-order chi connectivity index (χ0) is 7.28. The largest absolute Gasteiger partial charge is 0.602 e. The van der Waals surface area contributed by atoms with E-state index in [0.29, 0.717) is 0 Å². The van der Waals surface area contributed by atoms with E-state index in [0.717, 1.165) is 5.92 Å². The highest BCUT2D eigenvalue weighted by molar-refractivity contribution is 7.43. The van der Waals surface area contributed by atoms with Gasteiger partial charge in [-0.25, -0.2) is 5.32 Å². The summed E-state index contributed by atoms with van der Waals surface area (Å²) in [7, 11) is -2.38. The van der Waals surface area contributed by atoms with Crippen molar-refractivity contribution in [1.82, 2.24) is 5.32 Å². The van der Waals surface area contributed by atoms with Gasteiger partial charge in [0.15, 0.2) is 5.92 Å². The molecule has 0 fully saturated rings. The minimum absolute atomic E-state index is 0.332. The van der Waals surface area contributed by atoms with Crippen molar-refractivity contribution in [1.29, 1.82) is 0 Å². The zero-order valence-corrected chi connectivity index (χ0v) is 5.34. The average Bonchev–Trinajstić information content (AvgIpc) is 1.63. The Hall–Kier alpha value is -0.480. The Kier molecular flexibility index (Phi) is 4.17. The molecule has 0 bridgehead atoms. The summed E-state index contributed by atoms with van der Waals surface area (Å²) in [5.74, 6) is -0.244. The molecule has 0 aromatic rings. The Morgan fingerprint density at radius 2 is 2.44 bits per heavy atom. The minimum Gasteiger partial charge on any atom is -0.602 e. The van der Waals surface area contributed by atoms with Gasteiger partial charge in [-0.05, 0) is 0 Å². The topological polar surface area (TPSA) is 92.6 Å². The van der Waals surface area contributed by atoms with Crippen molar-refractivity contribution < 1.29 is 19.7 Å². The molecule has 0 aliphatic heterocycles. The van der Waals surface area contributed by atoms with Crippen LogP contribution in [-0.4, -0.2) is 28.4 Å². The summed E-state index contributed by atoms with van der Waals surface area (Å²) in [5, 5.41) is 10.1. The molecule has 0 saturated heterocycles. The molecule has 0 aromatic heterocycles. The van der Waals surface area contributed by atoms with Crippen molar-refractivity contribution >= 4 is 19.9 Å². The molecule has 52 valence electrons. The van der Waals surface area contributed by atoms with Gasteiger partial charge in [-0.1, -0.05) is 0 Å². The number of carboxylic acid groups (broad SMARTS) is 1. The van der Waals surface area contributed by atoms with Crippen LogP contribution >= 0.6 is 8.00 Å². The molecule has 3 N–H and O–H groups in total. The molecule has 5 nitrogen and oxygen atoms in total. The monoisotopic (exact) mass is 151 g/mol. The maximum atomic E-state index is 9.82. The number of hydrogen-bond donors (Lipinski definition) is 3. The first kappa shape index (κ1) is 8.52. The normalized spacial score (nSPS) is 11.6. The van der Waals surface area contributed by atoms with Crippen LogP contribution < -0.4 is 10.2 Å². The van der Waals surface area contributed by atoms with Crippen molar-refractivity contribution in [2.75, 3.05) is 6.54 Å². The summed E-state index contributed by atoms with van der Waals surface area (Å²) in [4.78, 5) is 27.6. The van der Waals surface area contributed by atoms with Crippen LogP contribution in [-0.2, 0) is 4.79 Å². The summed E-state index contributed by atoms with van der Waals surface area (Å²) >= 11 is 0. The highest BCUT2D eigenvalue weighted by Crippen LogP contribution is 1.93. The Labute approximate surface area is 52.5 Å². The van der Waals surface area contributed by atoms with Crippen molar-refractivity contribution in [3.63, 3.8) is 0 Å². The summed E-state index contributed by atoms with van der Waals surface area (Å²) in [6.07, 6.45) is 0. The maximum absolute atomic E-state index is 9.82. The van der Waals surface area contributed by atoms with Crippen LogP contribution in [0, 0.1) is 0 Å². The Bertz CT molecular complexity index is 130. The van der Waals surface area contributed by atoms with Gasteiger partial charge in [0, 0.05) is 0 Å². The molecule has 0 aliphatic carbocycles. The molecule has 1 atom stereocenters. The molecule has 0 spiro atoms. The van der Waals surface area contributed by atoms with Crippen LogP contribution in [0.4, 0.5) is 0 Å². The standard InChI is InChI=1S/C3H6NO4P/c5-3(6)1-4-2-9(7)8/h2,4H,1H2,(H,5,6)(H,7,8). The lowest BCUT2D eigenvalue weighted by Gasteiger charge is -1.87. The lowest BCUT2D eigenvalue weighted by Crippen LogP contribution is -2.21. The summed E-state index contributed by atoms with van der Waals surface area (Å²) in [6.45, 7) is -0.332. The Morgan fingerprint density at radius 1 is 1.89 bits per heavy atom. The fourth-order valence-electron chi connectivity index (χ4n) is 0.211. The molecule has 9 heavy (non-hydrogen) atoms. The van der Waals surface area contributed by atoms with Crippen LogP contribution in [0.1, 0.15) is 0 Å². The summed E-state index contributed by atoms with van der Waals surface area (Å²) in [5.41, 5.74) is 0. The van der Waals surface area contributed by atoms with Crippen molar-refractivity contribution in [3.05, 3.63) is 0 Å². The van der Waals surface area contributed by atoms with Gasteiger partial charge in [-0.2, -0.15) is 4.89 Å². The Balaban J connectivity index is 3.31. The third kappa shape index (κ3) is 7.52. The van der Waals surface area contributed by atoms with Gasteiger partial charge in [0.25, 0.3) is 0 Å². The first-order valence-corrected chi connectivity index (χ1v) is 3.35. The number of hydrogen-bond acceptors (Lipinski definition) is 3. The smallest absolute Gasteiger partial charge is 0.317 e. The van der Waals surface area contributed by atoms with E-state index in [1.165, 1.54) is 0 Å². The summed E-state index contributed by atoms with van der Waals surface area (Å²) < 4.78 is 0. The quantitative estimate of drug-likeness (QED) is 0.409. The second kappa shape index (κ2) is 4.40. The number of carbonyl (C=O) groups is 1. The van der Waals surface area contributed by atoms with E-state index in [4.69, 9.17) is 10.00 Å². The number of carboxylic acids is 1. The molecule has 6 heteroatoms. The molecule has 0 aromatic carbocycles. The lowest BCUT2D eigenvalue weighted by molar-refractivity contribution is -0.167. The number of nitrogens with one attached hydrogen (secondary N) is 1. The van der Waals surface area contributed by atoms with Crippen LogP contribution in [0.25, 0.3) is 0 Å². The van der Waals surface area contributed by atoms with E-state index in [2.05, 4.69) is 5.32 Å². The third-order valence-corrected chi connectivity index (χ3v) is 0.858. The van der Waals surface area contributed by atoms with Gasteiger partial charge in [-0.3, -0.25) is 4.79 Å². The van der Waals surface area contributed by atoms with Gasteiger partial charge in [0.05, 0.1) is 0 Å². The predicted octanol–water partition coefficient (Wildman–Crippen LogP) is -1.92. The minimum atomic E-state index is -2.38. The van der Waals surface area contributed by atoms with Crippen LogP contribution in [0.5, 0.6) is 0 Å². The van der Waals surface area contributed by atoms with Gasteiger partial charge in [-0.15, -0.1) is 0 Å². The van der Waals surface area contributed by atoms with Gasteiger partial charge >= 0.3 is 5.97 Å². The molecule has 0 heterocycles. The van der Waals surface area contributed by atoms with Gasteiger partial charge in [0.1, 0.15) is 6.54 Å². The maximum Gasteiger partial charge on any atom is 0.317 e. The third-order valence-electron chi connectivity index (χ3n) is 0.455. The van der Waals surface area contributed by atoms with E-state index >= 15 is 0 Å². The van der Waals surface area contributed by atoms with E-state index in [-0.39, 0.29) is 6.54 Å². The first-order chi connectivity index (χ1) is 4.13. The van der Waals surface area contributed by atoms with Gasteiger partial charge in [0.2, 0.25) is 8.00 Å². The highest BCUT2D eigenvalue weighted by atomic mass is 31.1. The van der Waals surface area contributed by atoms with Crippen molar-refractivity contribution in [2.24, 2.45) is 0 Å². The lowest BCUT2D eigenvalue weighted by atomic mass is 10.7. The van der Waals surface area contributed by atoms with E-state index < -0.39 is 14.0 Å². The highest BCUT2D eigenvalue weighted by Gasteiger charge is 1.93. The molecule has 0 aliphatic rings. The molecule has 0 radical (unpaired) electrons. The zero-order valence-electron chi connectivity index (χ0n) is 4.44. The van der Waals surface area contributed by atoms with E-state index in [9.17, 15) is 9.69 Å². The van der Waals surface area contributed by atoms with Crippen LogP contribution in [0.15, 0.2) is 0 Å². The molecule has 0 rings (SSSR count). The second-order valence-electron chi connectivity index (χ2n) is 1.21. The number of aliphatic carboxylic acids is 1. The molecule has 1 unspecified atom stereocenters. The predicted molar refractivity (Wildman–Crippen MR) is 30.8 cm³/mol. The van der Waals surface area contributed by atoms with E-state index in [1.54, 1.807) is 0 Å². The van der Waals surface area contributed by atoms with Gasteiger partial charge < -0.3 is 10.00 Å². The van der Waals surface area contributed by atoms with Crippen molar-refractivity contribution in [3.8, 4) is 0 Å². The number of rotatable bonds is 3. The van der Waals surface area contributed by atoms with Crippen molar-refractivity contribution in [2.45, 2.75) is 0 Å². The molecular weight excluding hydrogens is 145 g/mol. The summed E-state index contributed by atoms with van der Waals surface area (Å²) in [6, 6.07) is 0. The van der Waals surface area contributed by atoms with E-state index in [1.807, 2.05) is 0 Å². The SMILES string of the molecule is O=C(O)CN/C=[P+](\[O-])O. The fourth-order valence-corrected chi connectivity index (χ4v) is 0.459. The first-order valence-electron chi connectivity index (χ1n) is 2.06. The second-order valence-corrected chi connectivity index (χ2v) is 2.07.